The number of aliphatic hydroxyl groups excluding tert-OH is 1. The first-order valence-electron chi connectivity index (χ1n) is 8.24. The molecular weight excluding hydrogens is 326 g/mol. The Kier molecular flexibility index (Phi) is 6.40. The number of fused-ring (bicyclic) bond motifs is 1. The van der Waals surface area contributed by atoms with Gasteiger partial charge in [0.15, 0.2) is 5.15 Å². The minimum atomic E-state index is -0.179. The van der Waals surface area contributed by atoms with Crippen LogP contribution in [0.1, 0.15) is 38.8 Å². The van der Waals surface area contributed by atoms with Crippen molar-refractivity contribution in [2.75, 3.05) is 13.2 Å². The molecule has 2 aromatic rings. The molecule has 0 aliphatic carbocycles. The number of nitrogens with zero attached hydrogens (tertiary/aromatic N) is 2. The summed E-state index contributed by atoms with van der Waals surface area (Å²) in [6, 6.07) is 5.62. The smallest absolute Gasteiger partial charge is 0.244 e. The van der Waals surface area contributed by atoms with Crippen molar-refractivity contribution >= 4 is 29.2 Å². The van der Waals surface area contributed by atoms with E-state index in [1.165, 1.54) is 6.08 Å². The van der Waals surface area contributed by atoms with Crippen molar-refractivity contribution in [3.05, 3.63) is 41.3 Å². The van der Waals surface area contributed by atoms with Crippen molar-refractivity contribution in [2.45, 2.75) is 33.1 Å². The predicted octanol–water partition coefficient (Wildman–Crippen LogP) is 3.31. The Balaban J connectivity index is 2.06. The van der Waals surface area contributed by atoms with E-state index < -0.39 is 0 Å². The molecule has 2 aromatic heterocycles. The number of carbonyl (C=O) groups excluding carboxylic acids is 1. The van der Waals surface area contributed by atoms with Crippen LogP contribution in [-0.4, -0.2) is 33.6 Å². The average Bonchev–Trinajstić information content (AvgIpc) is 2.92. The maximum absolute atomic E-state index is 12.1. The lowest BCUT2D eigenvalue weighted by molar-refractivity contribution is -0.117. The van der Waals surface area contributed by atoms with E-state index in [0.29, 0.717) is 23.8 Å². The Morgan fingerprint density at radius 1 is 1.42 bits per heavy atom. The van der Waals surface area contributed by atoms with Gasteiger partial charge < -0.3 is 10.4 Å². The molecule has 0 unspecified atom stereocenters. The van der Waals surface area contributed by atoms with Crippen molar-refractivity contribution in [2.24, 2.45) is 5.41 Å². The summed E-state index contributed by atoms with van der Waals surface area (Å²) in [4.78, 5) is 16.4. The van der Waals surface area contributed by atoms with E-state index in [1.54, 1.807) is 6.08 Å². The van der Waals surface area contributed by atoms with Gasteiger partial charge in [0.25, 0.3) is 0 Å². The number of rotatable bonds is 8. The lowest BCUT2D eigenvalue weighted by Gasteiger charge is -2.31. The SMILES string of the molecule is CCC(CC)(CCO)CNC(=O)/C=C/c1c(Cl)nc2ccccn12. The molecular formula is C18H24ClN3O2. The molecule has 24 heavy (non-hydrogen) atoms. The number of halogens is 1. The molecule has 0 bridgehead atoms. The third-order valence-corrected chi connectivity index (χ3v) is 4.97. The molecule has 6 heteroatoms. The highest BCUT2D eigenvalue weighted by atomic mass is 35.5. The average molecular weight is 350 g/mol. The molecule has 2 heterocycles. The largest absolute Gasteiger partial charge is 0.396 e. The molecule has 0 aliphatic rings. The van der Waals surface area contributed by atoms with E-state index in [4.69, 9.17) is 11.6 Å². The topological polar surface area (TPSA) is 66.6 Å². The van der Waals surface area contributed by atoms with Crippen molar-refractivity contribution in [3.8, 4) is 0 Å². The summed E-state index contributed by atoms with van der Waals surface area (Å²) in [6.45, 7) is 4.84. The zero-order chi connectivity index (χ0) is 17.6. The fraction of sp³-hybridized carbons (Fsp3) is 0.444. The third-order valence-electron chi connectivity index (χ3n) is 4.69. The summed E-state index contributed by atoms with van der Waals surface area (Å²) in [5, 5.41) is 12.5. The van der Waals surface area contributed by atoms with Gasteiger partial charge in [-0.25, -0.2) is 4.98 Å². The number of nitrogens with one attached hydrogen (secondary N) is 1. The van der Waals surface area contributed by atoms with Crippen molar-refractivity contribution in [1.82, 2.24) is 14.7 Å². The van der Waals surface area contributed by atoms with Gasteiger partial charge in [-0.3, -0.25) is 9.20 Å². The monoisotopic (exact) mass is 349 g/mol. The molecule has 2 rings (SSSR count). The van der Waals surface area contributed by atoms with E-state index in [-0.39, 0.29) is 17.9 Å². The highest BCUT2D eigenvalue weighted by Crippen LogP contribution is 2.29. The second-order valence-corrected chi connectivity index (χ2v) is 6.31. The summed E-state index contributed by atoms with van der Waals surface area (Å²) in [6.07, 6.45) is 7.50. The molecule has 0 radical (unpaired) electrons. The number of carbonyl (C=O) groups is 1. The fourth-order valence-corrected chi connectivity index (χ4v) is 3.04. The second-order valence-electron chi connectivity index (χ2n) is 5.95. The first-order chi connectivity index (χ1) is 11.5. The third kappa shape index (κ3) is 4.16. The fourth-order valence-electron chi connectivity index (χ4n) is 2.80. The minimum absolute atomic E-state index is 0.0563. The molecule has 0 spiro atoms. The quantitative estimate of drug-likeness (QED) is 0.718. The van der Waals surface area contributed by atoms with E-state index in [2.05, 4.69) is 24.1 Å². The zero-order valence-corrected chi connectivity index (χ0v) is 14.9. The van der Waals surface area contributed by atoms with Gasteiger partial charge in [0.05, 0.1) is 5.69 Å². The molecule has 2 N–H and O–H groups in total. The van der Waals surface area contributed by atoms with Gasteiger partial charge in [-0.2, -0.15) is 0 Å². The van der Waals surface area contributed by atoms with Crippen molar-refractivity contribution in [3.63, 3.8) is 0 Å². The number of pyridine rings is 1. The maximum Gasteiger partial charge on any atom is 0.244 e. The Morgan fingerprint density at radius 2 is 2.17 bits per heavy atom. The summed E-state index contributed by atoms with van der Waals surface area (Å²) in [7, 11) is 0. The van der Waals surface area contributed by atoms with Gasteiger partial charge in [-0.05, 0) is 42.9 Å². The zero-order valence-electron chi connectivity index (χ0n) is 14.1. The van der Waals surface area contributed by atoms with Gasteiger partial charge >= 0.3 is 0 Å². The molecule has 1 amide bonds. The van der Waals surface area contributed by atoms with Gasteiger partial charge in [-0.1, -0.05) is 31.5 Å². The van der Waals surface area contributed by atoms with Gasteiger partial charge in [0, 0.05) is 25.4 Å². The molecule has 0 fully saturated rings. The Morgan fingerprint density at radius 3 is 2.83 bits per heavy atom. The van der Waals surface area contributed by atoms with Gasteiger partial charge in [-0.15, -0.1) is 0 Å². The van der Waals surface area contributed by atoms with E-state index in [9.17, 15) is 9.90 Å². The number of imidazole rings is 1. The van der Waals surface area contributed by atoms with E-state index in [1.807, 2.05) is 28.8 Å². The number of hydrogen-bond donors (Lipinski definition) is 2. The number of amides is 1. The lowest BCUT2D eigenvalue weighted by atomic mass is 9.79. The van der Waals surface area contributed by atoms with Crippen LogP contribution >= 0.6 is 11.6 Å². The van der Waals surface area contributed by atoms with Crippen LogP contribution in [0, 0.1) is 5.41 Å². The summed E-state index contributed by atoms with van der Waals surface area (Å²) in [5.41, 5.74) is 1.36. The maximum atomic E-state index is 12.1. The lowest BCUT2D eigenvalue weighted by Crippen LogP contribution is -2.37. The van der Waals surface area contributed by atoms with Crippen LogP contribution < -0.4 is 5.32 Å². The van der Waals surface area contributed by atoms with Crippen LogP contribution in [-0.2, 0) is 4.79 Å². The van der Waals surface area contributed by atoms with E-state index >= 15 is 0 Å². The normalized spacial score (nSPS) is 12.2. The Bertz CT molecular complexity index is 720. The first-order valence-corrected chi connectivity index (χ1v) is 8.62. The second kappa shape index (κ2) is 8.31. The predicted molar refractivity (Wildman–Crippen MR) is 97.0 cm³/mol. The van der Waals surface area contributed by atoms with Crippen LogP contribution in [0.25, 0.3) is 11.7 Å². The van der Waals surface area contributed by atoms with Crippen LogP contribution in [0.4, 0.5) is 0 Å². The molecule has 0 saturated carbocycles. The Hall–Kier alpha value is -1.85. The van der Waals surface area contributed by atoms with Crippen molar-refractivity contribution in [1.29, 1.82) is 0 Å². The van der Waals surface area contributed by atoms with Crippen LogP contribution in [0.15, 0.2) is 30.5 Å². The molecule has 0 saturated heterocycles. The van der Waals surface area contributed by atoms with Gasteiger partial charge in [0.2, 0.25) is 5.91 Å². The van der Waals surface area contributed by atoms with E-state index in [0.717, 1.165) is 18.5 Å². The van der Waals surface area contributed by atoms with Crippen LogP contribution in [0.5, 0.6) is 0 Å². The molecule has 5 nitrogen and oxygen atoms in total. The Labute approximate surface area is 147 Å². The number of hydrogen-bond acceptors (Lipinski definition) is 3. The number of aliphatic hydroxyl groups is 1. The minimum Gasteiger partial charge on any atom is -0.396 e. The molecule has 130 valence electrons. The standard InChI is InChI=1S/C18H24ClN3O2/c1-3-18(4-2,10-12-23)13-20-16(24)9-8-14-17(19)21-15-7-5-6-11-22(14)15/h5-9,11,23H,3-4,10,12-13H2,1-2H3,(H,20,24)/b9-8+. The molecule has 0 aromatic carbocycles. The molecule has 0 atom stereocenters. The summed E-state index contributed by atoms with van der Waals surface area (Å²) in [5.74, 6) is -0.179. The van der Waals surface area contributed by atoms with Gasteiger partial charge in [0.1, 0.15) is 5.65 Å². The highest BCUT2D eigenvalue weighted by Gasteiger charge is 2.25. The highest BCUT2D eigenvalue weighted by molar-refractivity contribution is 6.31. The molecule has 0 aliphatic heterocycles. The summed E-state index contributed by atoms with van der Waals surface area (Å²) < 4.78 is 1.83. The summed E-state index contributed by atoms with van der Waals surface area (Å²) >= 11 is 6.14. The number of aromatic nitrogens is 2. The first kappa shape index (κ1) is 18.5. The van der Waals surface area contributed by atoms with Crippen LogP contribution in [0.3, 0.4) is 0 Å². The van der Waals surface area contributed by atoms with Crippen molar-refractivity contribution < 1.29 is 9.90 Å². The van der Waals surface area contributed by atoms with Crippen LogP contribution in [0.2, 0.25) is 5.15 Å².